The van der Waals surface area contributed by atoms with Gasteiger partial charge in [0.15, 0.2) is 11.5 Å². The van der Waals surface area contributed by atoms with Crippen LogP contribution in [-0.2, 0) is 24.4 Å². The van der Waals surface area contributed by atoms with Gasteiger partial charge in [-0.2, -0.15) is 5.26 Å². The summed E-state index contributed by atoms with van der Waals surface area (Å²) in [4.78, 5) is 12.5. The Kier molecular flexibility index (Phi) is 8.96. The standard InChI is InChI=1S/C27H25ClN2O4/c1-3-6-21-13-20(14-22(16-29)27(31)30-17-24-7-5-12-33-24)15-25(32-4-2)26(21)34-18-19-8-10-23(28)11-9-19/h3,5,7-15H,1,4,6,17-18H2,2H3,(H,30,31)/b22-14-. The Bertz CT molecular complexity index is 1190. The van der Waals surface area contributed by atoms with E-state index in [0.717, 1.165) is 11.1 Å². The lowest BCUT2D eigenvalue weighted by Gasteiger charge is -2.17. The van der Waals surface area contributed by atoms with E-state index in [-0.39, 0.29) is 12.1 Å². The monoisotopic (exact) mass is 476 g/mol. The molecule has 0 saturated carbocycles. The van der Waals surface area contributed by atoms with Gasteiger partial charge in [0.1, 0.15) is 24.0 Å². The van der Waals surface area contributed by atoms with E-state index in [1.165, 1.54) is 12.3 Å². The quantitative estimate of drug-likeness (QED) is 0.213. The van der Waals surface area contributed by atoms with Gasteiger partial charge in [-0.1, -0.05) is 29.8 Å². The highest BCUT2D eigenvalue weighted by Crippen LogP contribution is 2.35. The van der Waals surface area contributed by atoms with Gasteiger partial charge in [-0.25, -0.2) is 0 Å². The molecular formula is C27H25ClN2O4. The second kappa shape index (κ2) is 12.3. The van der Waals surface area contributed by atoms with Gasteiger partial charge in [-0.3, -0.25) is 4.79 Å². The summed E-state index contributed by atoms with van der Waals surface area (Å²) < 4.78 is 17.2. The molecule has 0 fully saturated rings. The molecule has 0 aliphatic rings. The fraction of sp³-hybridized carbons (Fsp3) is 0.185. The maximum Gasteiger partial charge on any atom is 0.262 e. The third-order valence-corrected chi connectivity index (χ3v) is 5.05. The van der Waals surface area contributed by atoms with Crippen molar-refractivity contribution < 1.29 is 18.7 Å². The van der Waals surface area contributed by atoms with Gasteiger partial charge in [0, 0.05) is 10.6 Å². The fourth-order valence-corrected chi connectivity index (χ4v) is 3.35. The molecule has 0 saturated heterocycles. The van der Waals surface area contributed by atoms with Crippen molar-refractivity contribution >= 4 is 23.6 Å². The molecule has 1 amide bonds. The average molecular weight is 477 g/mol. The second-order valence-electron chi connectivity index (χ2n) is 7.28. The first kappa shape index (κ1) is 24.7. The lowest BCUT2D eigenvalue weighted by atomic mass is 10.0. The molecule has 0 bridgehead atoms. The van der Waals surface area contributed by atoms with Crippen LogP contribution in [0.25, 0.3) is 6.08 Å². The summed E-state index contributed by atoms with van der Waals surface area (Å²) in [7, 11) is 0. The Morgan fingerprint density at radius 2 is 2.03 bits per heavy atom. The number of carbonyl (C=O) groups is 1. The predicted octanol–water partition coefficient (Wildman–Crippen LogP) is 5.86. The van der Waals surface area contributed by atoms with Crippen molar-refractivity contribution in [2.24, 2.45) is 0 Å². The predicted molar refractivity (Wildman–Crippen MR) is 131 cm³/mol. The SMILES string of the molecule is C=CCc1cc(/C=C(/C#N)C(=O)NCc2ccco2)cc(OCC)c1OCc1ccc(Cl)cc1. The van der Waals surface area contributed by atoms with Crippen molar-refractivity contribution in [3.63, 3.8) is 0 Å². The van der Waals surface area contributed by atoms with Crippen LogP contribution in [0.2, 0.25) is 5.02 Å². The molecule has 0 aliphatic carbocycles. The van der Waals surface area contributed by atoms with Crippen molar-refractivity contribution in [1.29, 1.82) is 5.26 Å². The molecule has 6 nitrogen and oxygen atoms in total. The largest absolute Gasteiger partial charge is 0.490 e. The van der Waals surface area contributed by atoms with E-state index in [0.29, 0.717) is 47.5 Å². The number of nitriles is 1. The number of furan rings is 1. The number of hydrogen-bond donors (Lipinski definition) is 1. The van der Waals surface area contributed by atoms with Gasteiger partial charge in [-0.05, 0) is 66.9 Å². The van der Waals surface area contributed by atoms with Crippen molar-refractivity contribution in [2.45, 2.75) is 26.5 Å². The molecule has 3 rings (SSSR count). The lowest BCUT2D eigenvalue weighted by Crippen LogP contribution is -2.23. The third kappa shape index (κ3) is 6.77. The van der Waals surface area contributed by atoms with E-state index >= 15 is 0 Å². The highest BCUT2D eigenvalue weighted by molar-refractivity contribution is 6.30. The average Bonchev–Trinajstić information content (AvgIpc) is 3.36. The van der Waals surface area contributed by atoms with Crippen molar-refractivity contribution in [3.05, 3.63) is 100 Å². The van der Waals surface area contributed by atoms with Crippen LogP contribution in [0.3, 0.4) is 0 Å². The normalized spacial score (nSPS) is 10.9. The maximum atomic E-state index is 12.5. The van der Waals surface area contributed by atoms with Crippen LogP contribution in [0, 0.1) is 11.3 Å². The molecule has 3 aromatic rings. The van der Waals surface area contributed by atoms with E-state index in [9.17, 15) is 10.1 Å². The topological polar surface area (TPSA) is 84.5 Å². The van der Waals surface area contributed by atoms with Gasteiger partial charge in [-0.15, -0.1) is 6.58 Å². The highest BCUT2D eigenvalue weighted by Gasteiger charge is 2.15. The smallest absolute Gasteiger partial charge is 0.262 e. The number of allylic oxidation sites excluding steroid dienone is 1. The summed E-state index contributed by atoms with van der Waals surface area (Å²) >= 11 is 5.97. The molecule has 0 atom stereocenters. The Balaban J connectivity index is 1.87. The number of carbonyl (C=O) groups excluding carboxylic acids is 1. The number of amides is 1. The first-order valence-corrected chi connectivity index (χ1v) is 11.1. The van der Waals surface area contributed by atoms with Gasteiger partial charge in [0.05, 0.1) is 19.4 Å². The van der Waals surface area contributed by atoms with E-state index in [1.807, 2.05) is 43.3 Å². The van der Waals surface area contributed by atoms with E-state index in [1.54, 1.807) is 24.3 Å². The summed E-state index contributed by atoms with van der Waals surface area (Å²) in [6, 6.07) is 16.5. The van der Waals surface area contributed by atoms with Crippen LogP contribution < -0.4 is 14.8 Å². The number of nitrogens with one attached hydrogen (secondary N) is 1. The highest BCUT2D eigenvalue weighted by atomic mass is 35.5. The van der Waals surface area contributed by atoms with Crippen LogP contribution in [-0.4, -0.2) is 12.5 Å². The lowest BCUT2D eigenvalue weighted by molar-refractivity contribution is -0.117. The van der Waals surface area contributed by atoms with E-state index in [2.05, 4.69) is 11.9 Å². The molecule has 0 unspecified atom stereocenters. The first-order valence-electron chi connectivity index (χ1n) is 10.7. The van der Waals surface area contributed by atoms with Gasteiger partial charge in [0.2, 0.25) is 0 Å². The van der Waals surface area contributed by atoms with Crippen molar-refractivity contribution in [1.82, 2.24) is 5.32 Å². The number of hydrogen-bond acceptors (Lipinski definition) is 5. The number of rotatable bonds is 11. The molecule has 0 spiro atoms. The summed E-state index contributed by atoms with van der Waals surface area (Å²) in [5.41, 5.74) is 2.40. The minimum Gasteiger partial charge on any atom is -0.490 e. The molecule has 1 heterocycles. The molecule has 174 valence electrons. The van der Waals surface area contributed by atoms with Gasteiger partial charge >= 0.3 is 0 Å². The molecule has 2 aromatic carbocycles. The second-order valence-corrected chi connectivity index (χ2v) is 7.72. The molecular weight excluding hydrogens is 452 g/mol. The molecule has 7 heteroatoms. The van der Waals surface area contributed by atoms with Crippen LogP contribution >= 0.6 is 11.6 Å². The van der Waals surface area contributed by atoms with Crippen LogP contribution in [0.4, 0.5) is 0 Å². The molecule has 1 aromatic heterocycles. The van der Waals surface area contributed by atoms with Crippen LogP contribution in [0.15, 0.2) is 77.4 Å². The summed E-state index contributed by atoms with van der Waals surface area (Å²) in [6.07, 6.45) is 5.32. The Morgan fingerprint density at radius 1 is 1.24 bits per heavy atom. The van der Waals surface area contributed by atoms with Gasteiger partial charge < -0.3 is 19.2 Å². The summed E-state index contributed by atoms with van der Waals surface area (Å²) in [5.74, 6) is 1.22. The van der Waals surface area contributed by atoms with Gasteiger partial charge in [0.25, 0.3) is 5.91 Å². The summed E-state index contributed by atoms with van der Waals surface area (Å²) in [5, 5.41) is 12.9. The number of nitrogens with zero attached hydrogens (tertiary/aromatic N) is 1. The first-order chi connectivity index (χ1) is 16.5. The van der Waals surface area contributed by atoms with Crippen LogP contribution in [0.5, 0.6) is 11.5 Å². The zero-order valence-corrected chi connectivity index (χ0v) is 19.6. The van der Waals surface area contributed by atoms with Crippen molar-refractivity contribution in [2.75, 3.05) is 6.61 Å². The number of halogens is 1. The minimum atomic E-state index is -0.495. The maximum absolute atomic E-state index is 12.5. The van der Waals surface area contributed by atoms with Crippen LogP contribution in [0.1, 0.15) is 29.4 Å². The molecule has 1 N–H and O–H groups in total. The third-order valence-electron chi connectivity index (χ3n) is 4.79. The van der Waals surface area contributed by atoms with E-state index < -0.39 is 5.91 Å². The zero-order chi connectivity index (χ0) is 24.3. The molecule has 0 aliphatic heterocycles. The van der Waals surface area contributed by atoms with E-state index in [4.69, 9.17) is 25.5 Å². The summed E-state index contributed by atoms with van der Waals surface area (Å²) in [6.45, 7) is 6.65. The molecule has 34 heavy (non-hydrogen) atoms. The Labute approximate surface area is 204 Å². The van der Waals surface area contributed by atoms with Crippen molar-refractivity contribution in [3.8, 4) is 17.6 Å². The number of ether oxygens (including phenoxy) is 2. The molecule has 0 radical (unpaired) electrons. The Morgan fingerprint density at radius 3 is 2.68 bits per heavy atom. The zero-order valence-electron chi connectivity index (χ0n) is 18.8. The number of benzene rings is 2. The fourth-order valence-electron chi connectivity index (χ4n) is 3.23. The minimum absolute atomic E-state index is 0.0339. The Hall–Kier alpha value is -3.95.